The predicted molar refractivity (Wildman–Crippen MR) is 115 cm³/mol. The van der Waals surface area contributed by atoms with Crippen molar-refractivity contribution >= 4 is 23.8 Å². The van der Waals surface area contributed by atoms with E-state index in [0.29, 0.717) is 0 Å². The van der Waals surface area contributed by atoms with Gasteiger partial charge in [0, 0.05) is 5.75 Å². The zero-order valence-corrected chi connectivity index (χ0v) is 16.5. The minimum Gasteiger partial charge on any atom is -0.435 e. The van der Waals surface area contributed by atoms with Crippen LogP contribution in [-0.2, 0) is 14.3 Å². The van der Waals surface area contributed by atoms with Gasteiger partial charge in [0.1, 0.15) is 0 Å². The molecule has 29 heavy (non-hydrogen) atoms. The molecule has 1 unspecified atom stereocenters. The highest BCUT2D eigenvalue weighted by Crippen LogP contribution is 2.48. The van der Waals surface area contributed by atoms with Crippen molar-refractivity contribution in [3.63, 3.8) is 0 Å². The highest BCUT2D eigenvalue weighted by Gasteiger charge is 2.38. The van der Waals surface area contributed by atoms with Gasteiger partial charge in [-0.05, 0) is 16.7 Å². The molecule has 0 saturated carbocycles. The SMILES string of the molecule is NC(=O)OC(CSC(c1ccccc1)(c1ccccc1)c1ccccc1)C(N)=O. The molecule has 2 amide bonds. The van der Waals surface area contributed by atoms with E-state index in [4.69, 9.17) is 16.2 Å². The number of benzene rings is 3. The summed E-state index contributed by atoms with van der Waals surface area (Å²) in [5.74, 6) is -0.587. The number of hydrogen-bond donors (Lipinski definition) is 2. The van der Waals surface area contributed by atoms with Crippen LogP contribution in [0.5, 0.6) is 0 Å². The zero-order valence-electron chi connectivity index (χ0n) is 15.7. The van der Waals surface area contributed by atoms with E-state index >= 15 is 0 Å². The first-order valence-corrected chi connectivity index (χ1v) is 10.1. The molecule has 0 heterocycles. The molecule has 0 aliphatic rings. The summed E-state index contributed by atoms with van der Waals surface area (Å²) in [6.07, 6.45) is -2.16. The van der Waals surface area contributed by atoms with Crippen LogP contribution in [0.3, 0.4) is 0 Å². The molecule has 0 bridgehead atoms. The molecule has 3 rings (SSSR count). The number of ether oxygens (including phenoxy) is 1. The Morgan fingerprint density at radius 1 is 0.759 bits per heavy atom. The fraction of sp³-hybridized carbons (Fsp3) is 0.130. The Hall–Kier alpha value is -3.25. The smallest absolute Gasteiger partial charge is 0.405 e. The van der Waals surface area contributed by atoms with Crippen LogP contribution in [-0.4, -0.2) is 23.9 Å². The number of hydrogen-bond acceptors (Lipinski definition) is 4. The first-order valence-electron chi connectivity index (χ1n) is 9.10. The Morgan fingerprint density at radius 2 is 1.14 bits per heavy atom. The molecule has 0 aliphatic carbocycles. The van der Waals surface area contributed by atoms with Crippen molar-refractivity contribution in [2.45, 2.75) is 10.9 Å². The Bertz CT molecular complexity index is 853. The van der Waals surface area contributed by atoms with Crippen LogP contribution >= 0.6 is 11.8 Å². The monoisotopic (exact) mass is 406 g/mol. The summed E-state index contributed by atoms with van der Waals surface area (Å²) >= 11 is 1.47. The Labute approximate surface area is 174 Å². The Balaban J connectivity index is 2.14. The second kappa shape index (κ2) is 9.30. The molecule has 0 radical (unpaired) electrons. The molecule has 3 aromatic rings. The van der Waals surface area contributed by atoms with E-state index in [1.54, 1.807) is 0 Å². The fourth-order valence-electron chi connectivity index (χ4n) is 3.28. The molecule has 148 valence electrons. The maximum absolute atomic E-state index is 11.8. The summed E-state index contributed by atoms with van der Waals surface area (Å²) in [5, 5.41) is 0. The summed E-state index contributed by atoms with van der Waals surface area (Å²) in [6.45, 7) is 0. The maximum atomic E-state index is 11.8. The Morgan fingerprint density at radius 3 is 1.45 bits per heavy atom. The number of rotatable bonds is 8. The Kier molecular flexibility index (Phi) is 6.57. The zero-order chi connectivity index (χ0) is 20.7. The van der Waals surface area contributed by atoms with Crippen molar-refractivity contribution in [3.05, 3.63) is 108 Å². The van der Waals surface area contributed by atoms with E-state index in [-0.39, 0.29) is 5.75 Å². The predicted octanol–water partition coefficient (Wildman–Crippen LogP) is 3.66. The van der Waals surface area contributed by atoms with E-state index in [9.17, 15) is 9.59 Å². The van der Waals surface area contributed by atoms with Gasteiger partial charge in [-0.15, -0.1) is 11.8 Å². The minimum absolute atomic E-state index is 0.150. The van der Waals surface area contributed by atoms with Crippen LogP contribution in [0.1, 0.15) is 16.7 Å². The normalized spacial score (nSPS) is 12.1. The third-order valence-corrected chi connectivity index (χ3v) is 6.18. The van der Waals surface area contributed by atoms with Crippen LogP contribution in [0.25, 0.3) is 0 Å². The topological polar surface area (TPSA) is 95.4 Å². The van der Waals surface area contributed by atoms with Crippen molar-refractivity contribution in [3.8, 4) is 0 Å². The molecular formula is C23H22N2O3S. The van der Waals surface area contributed by atoms with Gasteiger partial charge in [0.25, 0.3) is 5.91 Å². The standard InChI is InChI=1S/C23H22N2O3S/c24-21(26)20(28-22(25)27)16-29-23(17-10-4-1-5-11-17,18-12-6-2-7-13-18)19-14-8-3-9-15-19/h1-15,20H,16H2,(H2,24,26)(H2,25,27). The summed E-state index contributed by atoms with van der Waals surface area (Å²) < 4.78 is 4.32. The number of amides is 2. The lowest BCUT2D eigenvalue weighted by atomic mass is 9.84. The summed E-state index contributed by atoms with van der Waals surface area (Å²) in [5.41, 5.74) is 13.7. The van der Waals surface area contributed by atoms with Gasteiger partial charge >= 0.3 is 6.09 Å². The quantitative estimate of drug-likeness (QED) is 0.558. The highest BCUT2D eigenvalue weighted by atomic mass is 32.2. The van der Waals surface area contributed by atoms with Crippen molar-refractivity contribution in [2.75, 3.05) is 5.75 Å². The van der Waals surface area contributed by atoms with Crippen LogP contribution in [0.15, 0.2) is 91.0 Å². The molecule has 5 nitrogen and oxygen atoms in total. The van der Waals surface area contributed by atoms with Crippen molar-refractivity contribution in [2.24, 2.45) is 11.5 Å². The lowest BCUT2D eigenvalue weighted by Crippen LogP contribution is -2.38. The summed E-state index contributed by atoms with van der Waals surface area (Å²) in [7, 11) is 0. The molecule has 3 aromatic carbocycles. The average Bonchev–Trinajstić information content (AvgIpc) is 2.75. The second-order valence-corrected chi connectivity index (χ2v) is 7.65. The van der Waals surface area contributed by atoms with Gasteiger partial charge in [-0.2, -0.15) is 0 Å². The molecule has 6 heteroatoms. The van der Waals surface area contributed by atoms with Crippen LogP contribution in [0, 0.1) is 0 Å². The van der Waals surface area contributed by atoms with Crippen molar-refractivity contribution in [1.29, 1.82) is 0 Å². The second-order valence-electron chi connectivity index (χ2n) is 6.42. The van der Waals surface area contributed by atoms with Gasteiger partial charge < -0.3 is 16.2 Å². The number of primary amides is 2. The molecule has 0 fully saturated rings. The van der Waals surface area contributed by atoms with Gasteiger partial charge in [0.2, 0.25) is 0 Å². The van der Waals surface area contributed by atoms with Gasteiger partial charge in [0.05, 0.1) is 4.75 Å². The molecule has 1 atom stereocenters. The van der Waals surface area contributed by atoms with Crippen LogP contribution in [0.4, 0.5) is 4.79 Å². The van der Waals surface area contributed by atoms with E-state index in [2.05, 4.69) is 0 Å². The third kappa shape index (κ3) is 4.60. The van der Waals surface area contributed by atoms with E-state index in [1.165, 1.54) is 11.8 Å². The molecule has 0 aromatic heterocycles. The van der Waals surface area contributed by atoms with Gasteiger partial charge in [-0.1, -0.05) is 91.0 Å². The number of carbonyl (C=O) groups excluding carboxylic acids is 2. The molecule has 0 aliphatic heterocycles. The first kappa shape index (κ1) is 20.5. The van der Waals surface area contributed by atoms with Crippen molar-refractivity contribution in [1.82, 2.24) is 0 Å². The largest absolute Gasteiger partial charge is 0.435 e. The van der Waals surface area contributed by atoms with Gasteiger partial charge in [-0.25, -0.2) is 4.79 Å². The molecule has 0 spiro atoms. The number of nitrogens with two attached hydrogens (primary N) is 2. The van der Waals surface area contributed by atoms with Gasteiger partial charge in [-0.3, -0.25) is 4.79 Å². The van der Waals surface area contributed by atoms with Gasteiger partial charge in [0.15, 0.2) is 6.10 Å². The minimum atomic E-state index is -1.13. The third-order valence-electron chi connectivity index (χ3n) is 4.57. The molecule has 0 saturated heterocycles. The fourth-order valence-corrected chi connectivity index (χ4v) is 4.83. The first-order chi connectivity index (χ1) is 14.0. The number of carbonyl (C=O) groups is 2. The number of thioether (sulfide) groups is 1. The highest BCUT2D eigenvalue weighted by molar-refractivity contribution is 8.00. The maximum Gasteiger partial charge on any atom is 0.405 e. The molecular weight excluding hydrogens is 384 g/mol. The van der Waals surface area contributed by atoms with Crippen molar-refractivity contribution < 1.29 is 14.3 Å². The summed E-state index contributed by atoms with van der Waals surface area (Å²) in [4.78, 5) is 23.1. The molecule has 4 N–H and O–H groups in total. The van der Waals surface area contributed by atoms with Crippen LogP contribution in [0.2, 0.25) is 0 Å². The lowest BCUT2D eigenvalue weighted by molar-refractivity contribution is -0.125. The summed E-state index contributed by atoms with van der Waals surface area (Å²) in [6, 6.07) is 30.0. The average molecular weight is 407 g/mol. The van der Waals surface area contributed by atoms with E-state index in [1.807, 2.05) is 91.0 Å². The lowest BCUT2D eigenvalue weighted by Gasteiger charge is -2.36. The van der Waals surface area contributed by atoms with E-state index in [0.717, 1.165) is 16.7 Å². The van der Waals surface area contributed by atoms with Crippen LogP contribution < -0.4 is 11.5 Å². The van der Waals surface area contributed by atoms with E-state index < -0.39 is 22.9 Å².